The monoisotopic (exact) mass is 207 g/mol. The Balaban J connectivity index is 0.000000241. The van der Waals surface area contributed by atoms with Gasteiger partial charge >= 0.3 is 12.1 Å². The summed E-state index contributed by atoms with van der Waals surface area (Å²) < 4.78 is 31.7. The van der Waals surface area contributed by atoms with Crippen molar-refractivity contribution in [3.63, 3.8) is 0 Å². The Kier molecular flexibility index (Phi) is 4.62. The fourth-order valence-corrected chi connectivity index (χ4v) is 0.448. The van der Waals surface area contributed by atoms with Crippen LogP contribution in [0.4, 0.5) is 13.2 Å². The van der Waals surface area contributed by atoms with Crippen LogP contribution in [-0.2, 0) is 4.79 Å². The first-order valence-electron chi connectivity index (χ1n) is 3.52. The maximum absolute atomic E-state index is 10.6. The first kappa shape index (κ1) is 12.4. The van der Waals surface area contributed by atoms with E-state index >= 15 is 0 Å². The van der Waals surface area contributed by atoms with E-state index in [0.717, 1.165) is 5.69 Å². The van der Waals surface area contributed by atoms with E-state index in [9.17, 15) is 13.2 Å². The van der Waals surface area contributed by atoms with Crippen molar-refractivity contribution in [3.05, 3.63) is 30.1 Å². The molecule has 0 fully saturated rings. The lowest BCUT2D eigenvalue weighted by atomic mass is 10.4. The summed E-state index contributed by atoms with van der Waals surface area (Å²) >= 11 is 0. The van der Waals surface area contributed by atoms with Crippen LogP contribution in [0.15, 0.2) is 24.4 Å². The van der Waals surface area contributed by atoms with E-state index in [1.165, 1.54) is 0 Å². The summed E-state index contributed by atoms with van der Waals surface area (Å²) in [5.41, 5.74) is 1.07. The predicted molar refractivity (Wildman–Crippen MR) is 42.7 cm³/mol. The molecule has 1 aromatic heterocycles. The molecule has 0 aliphatic carbocycles. The molecule has 0 radical (unpaired) electrons. The third-order valence-corrected chi connectivity index (χ3v) is 1.06. The fourth-order valence-electron chi connectivity index (χ4n) is 0.448. The number of carboxylic acids is 1. The van der Waals surface area contributed by atoms with E-state index in [2.05, 4.69) is 4.98 Å². The van der Waals surface area contributed by atoms with Gasteiger partial charge in [-0.05, 0) is 19.1 Å². The smallest absolute Gasteiger partial charge is 0.475 e. The second-order valence-corrected chi connectivity index (χ2v) is 2.27. The van der Waals surface area contributed by atoms with Crippen molar-refractivity contribution >= 4 is 5.97 Å². The standard InChI is InChI=1S/C6H7N.C2HF3O2/c1-6-4-2-3-5-7-6;3-2(4,5)1(6)7/h2-5H,1H3;(H,6,7). The number of pyridine rings is 1. The molecule has 6 heteroatoms. The van der Waals surface area contributed by atoms with E-state index in [1.807, 2.05) is 25.1 Å². The summed E-state index contributed by atoms with van der Waals surface area (Å²) in [6.07, 6.45) is -3.30. The Morgan fingerprint density at radius 2 is 1.93 bits per heavy atom. The summed E-state index contributed by atoms with van der Waals surface area (Å²) in [6, 6.07) is 5.86. The van der Waals surface area contributed by atoms with Crippen LogP contribution in [0.1, 0.15) is 5.69 Å². The minimum absolute atomic E-state index is 1.07. The second-order valence-electron chi connectivity index (χ2n) is 2.27. The number of aromatic nitrogens is 1. The average molecular weight is 207 g/mol. The van der Waals surface area contributed by atoms with E-state index in [-0.39, 0.29) is 0 Å². The topological polar surface area (TPSA) is 50.2 Å². The molecule has 0 bridgehead atoms. The molecule has 1 heterocycles. The number of hydrogen-bond acceptors (Lipinski definition) is 2. The van der Waals surface area contributed by atoms with Gasteiger partial charge in [0.1, 0.15) is 0 Å². The van der Waals surface area contributed by atoms with Gasteiger partial charge in [0.05, 0.1) is 0 Å². The molecule has 0 spiro atoms. The SMILES string of the molecule is Cc1ccccn1.O=C(O)C(F)(F)F. The number of halogens is 3. The molecule has 78 valence electrons. The number of aryl methyl sites for hydroxylation is 1. The third kappa shape index (κ3) is 5.99. The number of nitrogens with zero attached hydrogens (tertiary/aromatic N) is 1. The van der Waals surface area contributed by atoms with Crippen LogP contribution >= 0.6 is 0 Å². The highest BCUT2D eigenvalue weighted by Crippen LogP contribution is 2.13. The van der Waals surface area contributed by atoms with Crippen molar-refractivity contribution in [3.8, 4) is 0 Å². The number of carboxylic acid groups (broad SMARTS) is 1. The van der Waals surface area contributed by atoms with Gasteiger partial charge in [-0.25, -0.2) is 4.79 Å². The average Bonchev–Trinajstić information content (AvgIpc) is 2.04. The molecule has 0 saturated carbocycles. The van der Waals surface area contributed by atoms with Crippen LogP contribution in [0.25, 0.3) is 0 Å². The zero-order valence-corrected chi connectivity index (χ0v) is 7.25. The third-order valence-electron chi connectivity index (χ3n) is 1.06. The molecule has 3 nitrogen and oxygen atoms in total. The minimum Gasteiger partial charge on any atom is -0.475 e. The van der Waals surface area contributed by atoms with E-state index in [4.69, 9.17) is 9.90 Å². The molecule has 0 unspecified atom stereocenters. The van der Waals surface area contributed by atoms with Crippen molar-refractivity contribution in [2.75, 3.05) is 0 Å². The fraction of sp³-hybridized carbons (Fsp3) is 0.250. The molecule has 1 rings (SSSR count). The Morgan fingerprint density at radius 1 is 1.43 bits per heavy atom. The predicted octanol–water partition coefficient (Wildman–Crippen LogP) is 2.02. The van der Waals surface area contributed by atoms with Gasteiger partial charge in [-0.15, -0.1) is 0 Å². The molecule has 0 amide bonds. The maximum atomic E-state index is 10.6. The van der Waals surface area contributed by atoms with Crippen LogP contribution in [0, 0.1) is 6.92 Å². The Morgan fingerprint density at radius 3 is 2.07 bits per heavy atom. The highest BCUT2D eigenvalue weighted by Gasteiger charge is 2.38. The van der Waals surface area contributed by atoms with Crippen LogP contribution in [0.5, 0.6) is 0 Å². The zero-order valence-electron chi connectivity index (χ0n) is 7.25. The number of rotatable bonds is 0. The van der Waals surface area contributed by atoms with Crippen molar-refractivity contribution in [1.82, 2.24) is 4.98 Å². The molecular weight excluding hydrogens is 199 g/mol. The van der Waals surface area contributed by atoms with Gasteiger partial charge in [0.2, 0.25) is 0 Å². The second kappa shape index (κ2) is 5.21. The first-order chi connectivity index (χ1) is 6.34. The van der Waals surface area contributed by atoms with Gasteiger partial charge < -0.3 is 5.11 Å². The van der Waals surface area contributed by atoms with E-state index in [0.29, 0.717) is 0 Å². The summed E-state index contributed by atoms with van der Waals surface area (Å²) in [4.78, 5) is 12.9. The quantitative estimate of drug-likeness (QED) is 0.708. The molecule has 14 heavy (non-hydrogen) atoms. The summed E-state index contributed by atoms with van der Waals surface area (Å²) in [6.45, 7) is 1.97. The Bertz CT molecular complexity index is 284. The highest BCUT2D eigenvalue weighted by atomic mass is 19.4. The molecule has 0 saturated heterocycles. The molecule has 1 aromatic rings. The first-order valence-corrected chi connectivity index (χ1v) is 3.52. The molecule has 0 aromatic carbocycles. The normalized spacial score (nSPS) is 10.0. The van der Waals surface area contributed by atoms with Gasteiger partial charge in [0.25, 0.3) is 0 Å². The lowest BCUT2D eigenvalue weighted by Crippen LogP contribution is -2.21. The maximum Gasteiger partial charge on any atom is 0.490 e. The van der Waals surface area contributed by atoms with Gasteiger partial charge in [0, 0.05) is 11.9 Å². The van der Waals surface area contributed by atoms with Gasteiger partial charge in [-0.1, -0.05) is 6.07 Å². The highest BCUT2D eigenvalue weighted by molar-refractivity contribution is 5.73. The van der Waals surface area contributed by atoms with Crippen LogP contribution in [0.2, 0.25) is 0 Å². The van der Waals surface area contributed by atoms with Gasteiger partial charge in [-0.2, -0.15) is 13.2 Å². The van der Waals surface area contributed by atoms with Crippen molar-refractivity contribution in [2.24, 2.45) is 0 Å². The van der Waals surface area contributed by atoms with Crippen LogP contribution in [-0.4, -0.2) is 22.2 Å². The van der Waals surface area contributed by atoms with Crippen molar-refractivity contribution < 1.29 is 23.1 Å². The number of carbonyl (C=O) groups is 1. The Hall–Kier alpha value is -1.59. The summed E-state index contributed by atoms with van der Waals surface area (Å²) in [5, 5.41) is 7.12. The van der Waals surface area contributed by atoms with Crippen molar-refractivity contribution in [2.45, 2.75) is 13.1 Å². The number of alkyl halides is 3. The Labute approximate surface area is 78.2 Å². The lowest BCUT2D eigenvalue weighted by molar-refractivity contribution is -0.192. The molecule has 0 aliphatic rings. The minimum atomic E-state index is -5.08. The van der Waals surface area contributed by atoms with E-state index in [1.54, 1.807) is 6.20 Å². The van der Waals surface area contributed by atoms with Crippen molar-refractivity contribution in [1.29, 1.82) is 0 Å². The molecule has 1 N–H and O–H groups in total. The molecular formula is C8H8F3NO2. The molecule has 0 atom stereocenters. The van der Waals surface area contributed by atoms with Crippen LogP contribution < -0.4 is 0 Å². The summed E-state index contributed by atoms with van der Waals surface area (Å²) in [7, 11) is 0. The zero-order chi connectivity index (χ0) is 11.2. The van der Waals surface area contributed by atoms with E-state index < -0.39 is 12.1 Å². The lowest BCUT2D eigenvalue weighted by Gasteiger charge is -1.93. The number of hydrogen-bond donors (Lipinski definition) is 1. The van der Waals surface area contributed by atoms with Gasteiger partial charge in [0.15, 0.2) is 0 Å². The molecule has 0 aliphatic heterocycles. The van der Waals surface area contributed by atoms with Crippen LogP contribution in [0.3, 0.4) is 0 Å². The number of aliphatic carboxylic acids is 1. The largest absolute Gasteiger partial charge is 0.490 e. The van der Waals surface area contributed by atoms with Gasteiger partial charge in [-0.3, -0.25) is 4.98 Å². The summed E-state index contributed by atoms with van der Waals surface area (Å²) in [5.74, 6) is -2.76.